The second kappa shape index (κ2) is 3.30. The van der Waals surface area contributed by atoms with E-state index in [1.54, 1.807) is 0 Å². The van der Waals surface area contributed by atoms with Crippen molar-refractivity contribution in [2.24, 2.45) is 0 Å². The molecule has 1 fully saturated rings. The minimum Gasteiger partial charge on any atom is -0.480 e. The van der Waals surface area contributed by atoms with Crippen LogP contribution in [-0.4, -0.2) is 44.6 Å². The number of hydrogen-bond donors (Lipinski definition) is 2. The van der Waals surface area contributed by atoms with E-state index in [-0.39, 0.29) is 11.4 Å². The molecule has 0 unspecified atom stereocenters. The lowest BCUT2D eigenvalue weighted by atomic mass is 10.2. The number of likely N-dealkylation sites (tertiary alicyclic amines) is 1. The molecule has 1 rings (SSSR count). The Bertz CT molecular complexity index is 198. The number of halogens is 1. The van der Waals surface area contributed by atoms with Gasteiger partial charge in [-0.05, 0) is 6.42 Å². The molecule has 0 aromatic rings. The molecular formula is C6H8BrNO4. The van der Waals surface area contributed by atoms with E-state index in [1.807, 2.05) is 0 Å². The molecule has 2 N–H and O–H groups in total. The molecule has 0 aromatic carbocycles. The molecule has 0 aliphatic carbocycles. The Labute approximate surface area is 77.1 Å². The SMILES string of the molecule is O=C(O)[C@@H]1C[C@H](Br)CN1C(=O)O. The van der Waals surface area contributed by atoms with Crippen molar-refractivity contribution in [3.8, 4) is 0 Å². The minimum absolute atomic E-state index is 0.0466. The van der Waals surface area contributed by atoms with Crippen LogP contribution in [0.1, 0.15) is 6.42 Å². The first-order valence-corrected chi connectivity index (χ1v) is 4.30. The van der Waals surface area contributed by atoms with Crippen molar-refractivity contribution in [1.82, 2.24) is 4.90 Å². The van der Waals surface area contributed by atoms with Crippen molar-refractivity contribution in [2.75, 3.05) is 6.54 Å². The predicted octanol–water partition coefficient (Wildman–Crippen LogP) is 0.587. The second-order valence-electron chi connectivity index (χ2n) is 2.62. The molecule has 68 valence electrons. The van der Waals surface area contributed by atoms with Crippen LogP contribution >= 0.6 is 15.9 Å². The minimum atomic E-state index is -1.18. The Morgan fingerprint density at radius 3 is 2.33 bits per heavy atom. The molecule has 0 radical (unpaired) electrons. The molecule has 1 aliphatic heterocycles. The molecule has 1 saturated heterocycles. The van der Waals surface area contributed by atoms with Gasteiger partial charge in [-0.25, -0.2) is 9.59 Å². The van der Waals surface area contributed by atoms with Crippen molar-refractivity contribution in [3.05, 3.63) is 0 Å². The summed E-state index contributed by atoms with van der Waals surface area (Å²) in [5.74, 6) is -1.08. The Morgan fingerprint density at radius 2 is 2.00 bits per heavy atom. The zero-order valence-corrected chi connectivity index (χ0v) is 7.69. The summed E-state index contributed by atoms with van der Waals surface area (Å²) in [6.07, 6.45) is -0.842. The molecule has 0 bridgehead atoms. The van der Waals surface area contributed by atoms with Crippen LogP contribution in [-0.2, 0) is 4.79 Å². The number of carboxylic acid groups (broad SMARTS) is 2. The van der Waals surface area contributed by atoms with Crippen molar-refractivity contribution in [2.45, 2.75) is 17.3 Å². The number of rotatable bonds is 1. The third-order valence-electron chi connectivity index (χ3n) is 1.78. The van der Waals surface area contributed by atoms with Crippen LogP contribution in [0.3, 0.4) is 0 Å². The standard InChI is InChI=1S/C6H8BrNO4/c7-3-1-4(5(9)10)8(2-3)6(11)12/h3-4H,1-2H2,(H,9,10)(H,11,12)/t3-,4-/m0/s1. The fourth-order valence-corrected chi connectivity index (χ4v) is 1.90. The summed E-state index contributed by atoms with van der Waals surface area (Å²) in [5.41, 5.74) is 0. The maximum absolute atomic E-state index is 10.5. The van der Waals surface area contributed by atoms with E-state index in [9.17, 15) is 9.59 Å². The molecular weight excluding hydrogens is 230 g/mol. The van der Waals surface area contributed by atoms with Gasteiger partial charge in [0.05, 0.1) is 0 Å². The fourth-order valence-electron chi connectivity index (χ4n) is 1.23. The van der Waals surface area contributed by atoms with Gasteiger partial charge in [0.15, 0.2) is 0 Å². The number of amides is 1. The summed E-state index contributed by atoms with van der Waals surface area (Å²) < 4.78 is 0. The highest BCUT2D eigenvalue weighted by molar-refractivity contribution is 9.09. The number of aliphatic carboxylic acids is 1. The maximum atomic E-state index is 10.5. The first-order chi connectivity index (χ1) is 5.52. The topological polar surface area (TPSA) is 77.8 Å². The molecule has 0 aromatic heterocycles. The number of alkyl halides is 1. The average Bonchev–Trinajstić information content (AvgIpc) is 2.31. The quantitative estimate of drug-likeness (QED) is 0.655. The molecule has 1 aliphatic rings. The zero-order valence-electron chi connectivity index (χ0n) is 6.11. The monoisotopic (exact) mass is 237 g/mol. The summed E-state index contributed by atoms with van der Waals surface area (Å²) >= 11 is 3.19. The van der Waals surface area contributed by atoms with Gasteiger partial charge in [-0.1, -0.05) is 15.9 Å². The number of nitrogens with zero attached hydrogens (tertiary/aromatic N) is 1. The smallest absolute Gasteiger partial charge is 0.408 e. The van der Waals surface area contributed by atoms with Crippen LogP contribution in [0.4, 0.5) is 4.79 Å². The lowest BCUT2D eigenvalue weighted by Gasteiger charge is -2.16. The number of carboxylic acids is 1. The molecule has 12 heavy (non-hydrogen) atoms. The molecule has 1 heterocycles. The summed E-state index contributed by atoms with van der Waals surface area (Å²) in [7, 11) is 0. The highest BCUT2D eigenvalue weighted by Gasteiger charge is 2.38. The Balaban J connectivity index is 2.72. The lowest BCUT2D eigenvalue weighted by Crippen LogP contribution is -2.39. The van der Waals surface area contributed by atoms with Crippen molar-refractivity contribution in [3.63, 3.8) is 0 Å². The molecule has 1 amide bonds. The van der Waals surface area contributed by atoms with E-state index in [2.05, 4.69) is 15.9 Å². The van der Waals surface area contributed by atoms with E-state index < -0.39 is 18.1 Å². The van der Waals surface area contributed by atoms with Crippen LogP contribution in [0.5, 0.6) is 0 Å². The van der Waals surface area contributed by atoms with E-state index >= 15 is 0 Å². The summed E-state index contributed by atoms with van der Waals surface area (Å²) in [5, 5.41) is 17.2. The Kier molecular flexibility index (Phi) is 2.56. The average molecular weight is 238 g/mol. The van der Waals surface area contributed by atoms with Crippen LogP contribution in [0.25, 0.3) is 0 Å². The normalized spacial score (nSPS) is 28.9. The van der Waals surface area contributed by atoms with Crippen LogP contribution in [0.15, 0.2) is 0 Å². The first kappa shape index (κ1) is 9.31. The predicted molar refractivity (Wildman–Crippen MR) is 43.5 cm³/mol. The second-order valence-corrected chi connectivity index (χ2v) is 3.92. The molecule has 5 nitrogen and oxygen atoms in total. The van der Waals surface area contributed by atoms with Gasteiger partial charge in [0, 0.05) is 11.4 Å². The molecule has 0 saturated carbocycles. The van der Waals surface area contributed by atoms with Gasteiger partial charge in [0.1, 0.15) is 6.04 Å². The fraction of sp³-hybridized carbons (Fsp3) is 0.667. The van der Waals surface area contributed by atoms with Gasteiger partial charge < -0.3 is 10.2 Å². The number of carbonyl (C=O) groups is 2. The molecule has 0 spiro atoms. The van der Waals surface area contributed by atoms with Gasteiger partial charge in [-0.15, -0.1) is 0 Å². The van der Waals surface area contributed by atoms with Gasteiger partial charge in [0.2, 0.25) is 0 Å². The number of hydrogen-bond acceptors (Lipinski definition) is 2. The molecule has 6 heteroatoms. The lowest BCUT2D eigenvalue weighted by molar-refractivity contribution is -0.141. The zero-order chi connectivity index (χ0) is 9.30. The summed E-state index contributed by atoms with van der Waals surface area (Å²) in [6.45, 7) is 0.242. The van der Waals surface area contributed by atoms with Crippen LogP contribution < -0.4 is 0 Å². The maximum Gasteiger partial charge on any atom is 0.408 e. The van der Waals surface area contributed by atoms with Crippen molar-refractivity contribution in [1.29, 1.82) is 0 Å². The first-order valence-electron chi connectivity index (χ1n) is 3.39. The Morgan fingerprint density at radius 1 is 1.42 bits per heavy atom. The van der Waals surface area contributed by atoms with Crippen molar-refractivity contribution >= 4 is 28.0 Å². The third kappa shape index (κ3) is 1.69. The van der Waals surface area contributed by atoms with Gasteiger partial charge in [-0.2, -0.15) is 0 Å². The largest absolute Gasteiger partial charge is 0.480 e. The van der Waals surface area contributed by atoms with E-state index in [1.165, 1.54) is 0 Å². The van der Waals surface area contributed by atoms with Crippen LogP contribution in [0.2, 0.25) is 0 Å². The van der Waals surface area contributed by atoms with Crippen LogP contribution in [0, 0.1) is 0 Å². The van der Waals surface area contributed by atoms with E-state index in [0.29, 0.717) is 6.42 Å². The molecule has 2 atom stereocenters. The van der Waals surface area contributed by atoms with E-state index in [4.69, 9.17) is 10.2 Å². The highest BCUT2D eigenvalue weighted by atomic mass is 79.9. The van der Waals surface area contributed by atoms with Gasteiger partial charge in [-0.3, -0.25) is 4.90 Å². The summed E-state index contributed by atoms with van der Waals surface area (Å²) in [4.78, 5) is 21.9. The third-order valence-corrected chi connectivity index (χ3v) is 2.44. The highest BCUT2D eigenvalue weighted by Crippen LogP contribution is 2.23. The summed E-state index contributed by atoms with van der Waals surface area (Å²) in [6, 6.07) is -0.896. The van der Waals surface area contributed by atoms with Gasteiger partial charge in [0.25, 0.3) is 0 Å². The van der Waals surface area contributed by atoms with Crippen molar-refractivity contribution < 1.29 is 19.8 Å². The van der Waals surface area contributed by atoms with E-state index in [0.717, 1.165) is 4.90 Å². The van der Waals surface area contributed by atoms with Gasteiger partial charge >= 0.3 is 12.1 Å². The Hall–Kier alpha value is -0.780.